The molecule has 140 valence electrons. The lowest BCUT2D eigenvalue weighted by Gasteiger charge is -2.14. The van der Waals surface area contributed by atoms with Crippen molar-refractivity contribution in [2.75, 3.05) is 5.32 Å². The molecule has 0 saturated heterocycles. The number of halogens is 2. The van der Waals surface area contributed by atoms with Crippen molar-refractivity contribution in [2.24, 2.45) is 0 Å². The van der Waals surface area contributed by atoms with Crippen LogP contribution in [0.5, 0.6) is 5.75 Å². The second-order valence-corrected chi connectivity index (χ2v) is 8.08. The number of rotatable bonds is 7. The van der Waals surface area contributed by atoms with E-state index in [1.807, 2.05) is 0 Å². The lowest BCUT2D eigenvalue weighted by molar-refractivity contribution is -0.122. The minimum atomic E-state index is -0.746. The maximum absolute atomic E-state index is 12.9. The van der Waals surface area contributed by atoms with E-state index < -0.39 is 6.10 Å². The van der Waals surface area contributed by atoms with E-state index in [0.29, 0.717) is 26.0 Å². The Morgan fingerprint density at radius 1 is 1.26 bits per heavy atom. The first-order valence-corrected chi connectivity index (χ1v) is 10.1. The molecule has 3 rings (SSSR count). The normalized spacial score (nSPS) is 11.8. The fourth-order valence-electron chi connectivity index (χ4n) is 2.04. The van der Waals surface area contributed by atoms with Crippen LogP contribution in [0.3, 0.4) is 0 Å². The number of aromatic nitrogens is 2. The van der Waals surface area contributed by atoms with Gasteiger partial charge in [0.1, 0.15) is 11.6 Å². The van der Waals surface area contributed by atoms with Gasteiger partial charge in [0.25, 0.3) is 5.91 Å². The zero-order valence-corrected chi connectivity index (χ0v) is 16.6. The number of nitrogens with zero attached hydrogens (tertiary/aromatic N) is 2. The van der Waals surface area contributed by atoms with Crippen LogP contribution in [-0.2, 0) is 10.5 Å². The molecule has 5 nitrogen and oxygen atoms in total. The van der Waals surface area contributed by atoms with Crippen molar-refractivity contribution >= 4 is 45.7 Å². The molecule has 0 aliphatic carbocycles. The van der Waals surface area contributed by atoms with Crippen LogP contribution in [-0.4, -0.2) is 22.2 Å². The maximum atomic E-state index is 12.9. The van der Waals surface area contributed by atoms with Gasteiger partial charge in [-0.15, -0.1) is 10.2 Å². The van der Waals surface area contributed by atoms with Crippen LogP contribution in [0.2, 0.25) is 5.02 Å². The van der Waals surface area contributed by atoms with Gasteiger partial charge in [-0.1, -0.05) is 59.0 Å². The Labute approximate surface area is 168 Å². The van der Waals surface area contributed by atoms with Crippen molar-refractivity contribution in [3.05, 3.63) is 64.9 Å². The Hall–Kier alpha value is -2.16. The van der Waals surface area contributed by atoms with Crippen LogP contribution in [0.25, 0.3) is 0 Å². The highest BCUT2D eigenvalue weighted by Gasteiger charge is 2.18. The fourth-order valence-corrected chi connectivity index (χ4v) is 3.93. The quantitative estimate of drug-likeness (QED) is 0.426. The molecule has 0 saturated carbocycles. The molecule has 0 spiro atoms. The highest BCUT2D eigenvalue weighted by molar-refractivity contribution is 8.00. The van der Waals surface area contributed by atoms with Gasteiger partial charge in [0.15, 0.2) is 10.4 Å². The van der Waals surface area contributed by atoms with Crippen molar-refractivity contribution < 1.29 is 13.9 Å². The Morgan fingerprint density at radius 2 is 2.00 bits per heavy atom. The SMILES string of the molecule is C[C@H](Oc1ccccc1Cl)C(=O)Nc1nnc(SCc2ccc(F)cc2)s1. The van der Waals surface area contributed by atoms with E-state index in [1.54, 1.807) is 43.3 Å². The number of carbonyl (C=O) groups excluding carboxylic acids is 1. The molecule has 1 heterocycles. The monoisotopic (exact) mass is 423 g/mol. The number of amides is 1. The highest BCUT2D eigenvalue weighted by Crippen LogP contribution is 2.29. The average molecular weight is 424 g/mol. The number of thioether (sulfide) groups is 1. The number of hydrogen-bond donors (Lipinski definition) is 1. The Balaban J connectivity index is 1.52. The van der Waals surface area contributed by atoms with Crippen molar-refractivity contribution in [2.45, 2.75) is 23.1 Å². The third kappa shape index (κ3) is 5.66. The molecule has 0 aliphatic heterocycles. The Morgan fingerprint density at radius 3 is 2.74 bits per heavy atom. The van der Waals surface area contributed by atoms with Gasteiger partial charge in [0.2, 0.25) is 5.13 Å². The van der Waals surface area contributed by atoms with E-state index in [9.17, 15) is 9.18 Å². The number of hydrogen-bond acceptors (Lipinski definition) is 6. The second kappa shape index (κ2) is 9.16. The van der Waals surface area contributed by atoms with Crippen molar-refractivity contribution in [1.82, 2.24) is 10.2 Å². The summed E-state index contributed by atoms with van der Waals surface area (Å²) in [5.41, 5.74) is 0.976. The van der Waals surface area contributed by atoms with Gasteiger partial charge in [0.05, 0.1) is 5.02 Å². The lowest BCUT2D eigenvalue weighted by atomic mass is 10.2. The van der Waals surface area contributed by atoms with Gasteiger partial charge >= 0.3 is 0 Å². The molecular formula is C18H15ClFN3O2S2. The predicted molar refractivity (Wildman–Crippen MR) is 106 cm³/mol. The molecule has 1 aromatic heterocycles. The molecule has 9 heteroatoms. The summed E-state index contributed by atoms with van der Waals surface area (Å²) < 4.78 is 19.2. The van der Waals surface area contributed by atoms with Crippen LogP contribution in [0, 0.1) is 5.82 Å². The molecule has 2 aromatic carbocycles. The summed E-state index contributed by atoms with van der Waals surface area (Å²) in [5, 5.41) is 11.5. The molecule has 3 aromatic rings. The van der Waals surface area contributed by atoms with E-state index in [-0.39, 0.29) is 11.7 Å². The minimum absolute atomic E-state index is 0.266. The Kier molecular flexibility index (Phi) is 6.65. The molecule has 0 aliphatic rings. The molecule has 0 bridgehead atoms. The smallest absolute Gasteiger partial charge is 0.266 e. The summed E-state index contributed by atoms with van der Waals surface area (Å²) in [6.07, 6.45) is -0.746. The molecule has 1 amide bonds. The van der Waals surface area contributed by atoms with E-state index in [2.05, 4.69) is 15.5 Å². The Bertz CT molecular complexity index is 921. The number of carbonyl (C=O) groups is 1. The van der Waals surface area contributed by atoms with Gasteiger partial charge in [-0.3, -0.25) is 10.1 Å². The summed E-state index contributed by atoms with van der Waals surface area (Å²) in [6, 6.07) is 13.2. The lowest BCUT2D eigenvalue weighted by Crippen LogP contribution is -2.30. The first-order valence-electron chi connectivity index (χ1n) is 7.94. The summed E-state index contributed by atoms with van der Waals surface area (Å²) in [5.74, 6) is 0.461. The second-order valence-electron chi connectivity index (χ2n) is 5.47. The van der Waals surface area contributed by atoms with Crippen LogP contribution in [0.1, 0.15) is 12.5 Å². The van der Waals surface area contributed by atoms with Crippen LogP contribution >= 0.6 is 34.7 Å². The topological polar surface area (TPSA) is 64.1 Å². The maximum Gasteiger partial charge on any atom is 0.266 e. The van der Waals surface area contributed by atoms with Crippen molar-refractivity contribution in [1.29, 1.82) is 0 Å². The molecule has 1 N–H and O–H groups in total. The summed E-state index contributed by atoms with van der Waals surface area (Å²) in [4.78, 5) is 12.3. The van der Waals surface area contributed by atoms with E-state index in [1.165, 1.54) is 35.2 Å². The van der Waals surface area contributed by atoms with Crippen LogP contribution in [0.15, 0.2) is 52.9 Å². The number of nitrogens with one attached hydrogen (secondary N) is 1. The van der Waals surface area contributed by atoms with E-state index >= 15 is 0 Å². The molecule has 0 unspecified atom stereocenters. The molecule has 1 atom stereocenters. The molecule has 27 heavy (non-hydrogen) atoms. The predicted octanol–water partition coefficient (Wildman–Crippen LogP) is 5.03. The fraction of sp³-hybridized carbons (Fsp3) is 0.167. The largest absolute Gasteiger partial charge is 0.479 e. The van der Waals surface area contributed by atoms with Crippen molar-refractivity contribution in [3.8, 4) is 5.75 Å². The average Bonchev–Trinajstić information content (AvgIpc) is 3.10. The summed E-state index contributed by atoms with van der Waals surface area (Å²) >= 11 is 8.76. The molecular weight excluding hydrogens is 409 g/mol. The summed E-state index contributed by atoms with van der Waals surface area (Å²) in [7, 11) is 0. The third-order valence-corrected chi connectivity index (χ3v) is 5.78. The first-order chi connectivity index (χ1) is 13.0. The first kappa shape index (κ1) is 19.6. The number of benzene rings is 2. The number of para-hydroxylation sites is 1. The van der Waals surface area contributed by atoms with Gasteiger partial charge in [-0.05, 0) is 36.8 Å². The standard InChI is InChI=1S/C18H15ClFN3O2S2/c1-11(25-15-5-3-2-4-14(15)19)16(24)21-17-22-23-18(27-17)26-10-12-6-8-13(20)9-7-12/h2-9,11H,10H2,1H3,(H,21,22,24)/t11-/m0/s1. The number of ether oxygens (including phenoxy) is 1. The highest BCUT2D eigenvalue weighted by atomic mass is 35.5. The minimum Gasteiger partial charge on any atom is -0.479 e. The van der Waals surface area contributed by atoms with Crippen LogP contribution < -0.4 is 10.1 Å². The summed E-state index contributed by atoms with van der Waals surface area (Å²) in [6.45, 7) is 1.63. The zero-order chi connectivity index (χ0) is 19.2. The van der Waals surface area contributed by atoms with Gasteiger partial charge in [0, 0.05) is 5.75 Å². The van der Waals surface area contributed by atoms with Gasteiger partial charge in [-0.25, -0.2) is 4.39 Å². The third-order valence-electron chi connectivity index (χ3n) is 3.42. The molecule has 0 fully saturated rings. The zero-order valence-electron chi connectivity index (χ0n) is 14.2. The number of anilines is 1. The van der Waals surface area contributed by atoms with Gasteiger partial charge < -0.3 is 4.74 Å². The van der Waals surface area contributed by atoms with Gasteiger partial charge in [-0.2, -0.15) is 0 Å². The van der Waals surface area contributed by atoms with E-state index in [4.69, 9.17) is 16.3 Å². The molecule has 0 radical (unpaired) electrons. The van der Waals surface area contributed by atoms with Crippen molar-refractivity contribution in [3.63, 3.8) is 0 Å². The van der Waals surface area contributed by atoms with Crippen LogP contribution in [0.4, 0.5) is 9.52 Å². The van der Waals surface area contributed by atoms with E-state index in [0.717, 1.165) is 5.56 Å².